The Morgan fingerprint density at radius 3 is 2.96 bits per heavy atom. The summed E-state index contributed by atoms with van der Waals surface area (Å²) in [7, 11) is 1.59. The highest BCUT2D eigenvalue weighted by molar-refractivity contribution is 5.82. The molecule has 7 heteroatoms. The number of ether oxygens (including phenoxy) is 3. The van der Waals surface area contributed by atoms with Crippen LogP contribution < -0.4 is 4.74 Å². The SMILES string of the molecule is COc1cccc(CO[C@H](C)C(=O)N2CCO[C@H](C(=O)O)C2)c1. The summed E-state index contributed by atoms with van der Waals surface area (Å²) in [6.45, 7) is 2.56. The maximum absolute atomic E-state index is 12.3. The number of amides is 1. The van der Waals surface area contributed by atoms with Crippen molar-refractivity contribution >= 4 is 11.9 Å². The summed E-state index contributed by atoms with van der Waals surface area (Å²) in [4.78, 5) is 24.8. The Kier molecular flexibility index (Phi) is 5.95. The largest absolute Gasteiger partial charge is 0.497 e. The van der Waals surface area contributed by atoms with E-state index in [1.165, 1.54) is 4.90 Å². The molecular formula is C16H21NO6. The fourth-order valence-electron chi connectivity index (χ4n) is 2.31. The van der Waals surface area contributed by atoms with Crippen molar-refractivity contribution in [2.24, 2.45) is 0 Å². The van der Waals surface area contributed by atoms with Gasteiger partial charge in [0.2, 0.25) is 0 Å². The van der Waals surface area contributed by atoms with Crippen LogP contribution in [0.1, 0.15) is 12.5 Å². The minimum absolute atomic E-state index is 0.0427. The second-order valence-corrected chi connectivity index (χ2v) is 5.29. The Bertz CT molecular complexity index is 561. The van der Waals surface area contributed by atoms with Crippen molar-refractivity contribution in [3.8, 4) is 5.75 Å². The third-order valence-corrected chi connectivity index (χ3v) is 3.64. The highest BCUT2D eigenvalue weighted by atomic mass is 16.5. The van der Waals surface area contributed by atoms with Gasteiger partial charge in [-0.25, -0.2) is 4.79 Å². The monoisotopic (exact) mass is 323 g/mol. The molecule has 1 aliphatic heterocycles. The number of methoxy groups -OCH3 is 1. The number of aliphatic carboxylic acids is 1. The summed E-state index contributed by atoms with van der Waals surface area (Å²) in [5, 5.41) is 8.97. The number of morpholine rings is 1. The lowest BCUT2D eigenvalue weighted by Gasteiger charge is -2.32. The lowest BCUT2D eigenvalue weighted by molar-refractivity contribution is -0.163. The first-order chi connectivity index (χ1) is 11.0. The summed E-state index contributed by atoms with van der Waals surface area (Å²) >= 11 is 0. The molecule has 1 amide bonds. The predicted octanol–water partition coefficient (Wildman–Crippen LogP) is 0.912. The first-order valence-electron chi connectivity index (χ1n) is 7.39. The summed E-state index contributed by atoms with van der Waals surface area (Å²) in [5.74, 6) is -0.572. The quantitative estimate of drug-likeness (QED) is 0.838. The molecule has 0 radical (unpaired) electrons. The molecule has 0 aliphatic carbocycles. The van der Waals surface area contributed by atoms with Crippen molar-refractivity contribution in [2.75, 3.05) is 26.8 Å². The van der Waals surface area contributed by atoms with Crippen molar-refractivity contribution < 1.29 is 28.9 Å². The molecule has 1 saturated heterocycles. The number of carbonyl (C=O) groups is 2. The van der Waals surface area contributed by atoms with Gasteiger partial charge in [-0.05, 0) is 24.6 Å². The van der Waals surface area contributed by atoms with Gasteiger partial charge < -0.3 is 24.2 Å². The molecule has 23 heavy (non-hydrogen) atoms. The fourth-order valence-corrected chi connectivity index (χ4v) is 2.31. The molecule has 0 saturated carbocycles. The topological polar surface area (TPSA) is 85.3 Å². The number of benzene rings is 1. The van der Waals surface area contributed by atoms with E-state index in [-0.39, 0.29) is 25.7 Å². The minimum atomic E-state index is -1.06. The lowest BCUT2D eigenvalue weighted by atomic mass is 10.2. The third-order valence-electron chi connectivity index (χ3n) is 3.64. The normalized spacial score (nSPS) is 19.2. The van der Waals surface area contributed by atoms with Crippen molar-refractivity contribution in [2.45, 2.75) is 25.7 Å². The van der Waals surface area contributed by atoms with Crippen LogP contribution in [0.4, 0.5) is 0 Å². The van der Waals surface area contributed by atoms with E-state index in [0.29, 0.717) is 6.54 Å². The Labute approximate surface area is 134 Å². The molecule has 1 aromatic carbocycles. The standard InChI is InChI=1S/C16H21NO6/c1-11(23-10-12-4-3-5-13(8-12)21-2)15(18)17-6-7-22-14(9-17)16(19)20/h3-5,8,11,14H,6-7,9-10H2,1-2H3,(H,19,20)/t11-,14+/m1/s1. The molecule has 2 atom stereocenters. The first kappa shape index (κ1) is 17.2. The third kappa shape index (κ3) is 4.67. The van der Waals surface area contributed by atoms with Gasteiger partial charge in [0.05, 0.1) is 26.9 Å². The van der Waals surface area contributed by atoms with Crippen molar-refractivity contribution in [3.05, 3.63) is 29.8 Å². The van der Waals surface area contributed by atoms with E-state index in [9.17, 15) is 9.59 Å². The molecule has 7 nitrogen and oxygen atoms in total. The van der Waals surface area contributed by atoms with Gasteiger partial charge in [0, 0.05) is 6.54 Å². The van der Waals surface area contributed by atoms with Crippen LogP contribution in [0, 0.1) is 0 Å². The zero-order chi connectivity index (χ0) is 16.8. The Balaban J connectivity index is 1.88. The second kappa shape index (κ2) is 7.94. The van der Waals surface area contributed by atoms with Crippen molar-refractivity contribution in [3.63, 3.8) is 0 Å². The van der Waals surface area contributed by atoms with Gasteiger partial charge in [0.15, 0.2) is 6.10 Å². The van der Waals surface area contributed by atoms with Gasteiger partial charge in [0.25, 0.3) is 5.91 Å². The van der Waals surface area contributed by atoms with E-state index in [4.69, 9.17) is 19.3 Å². The highest BCUT2D eigenvalue weighted by Crippen LogP contribution is 2.15. The minimum Gasteiger partial charge on any atom is -0.497 e. The Morgan fingerprint density at radius 2 is 2.26 bits per heavy atom. The van der Waals surface area contributed by atoms with E-state index in [0.717, 1.165) is 11.3 Å². The first-order valence-corrected chi connectivity index (χ1v) is 7.39. The van der Waals surface area contributed by atoms with E-state index in [1.54, 1.807) is 14.0 Å². The predicted molar refractivity (Wildman–Crippen MR) is 81.2 cm³/mol. The summed E-state index contributed by atoms with van der Waals surface area (Å²) in [6.07, 6.45) is -1.63. The van der Waals surface area contributed by atoms with Crippen LogP contribution in [0.2, 0.25) is 0 Å². The molecule has 1 fully saturated rings. The molecule has 0 spiro atoms. The van der Waals surface area contributed by atoms with E-state index >= 15 is 0 Å². The summed E-state index contributed by atoms with van der Waals surface area (Å²) < 4.78 is 15.8. The molecule has 1 heterocycles. The molecular weight excluding hydrogens is 302 g/mol. The molecule has 126 valence electrons. The number of hydrogen-bond acceptors (Lipinski definition) is 5. The van der Waals surface area contributed by atoms with Gasteiger partial charge in [0.1, 0.15) is 11.9 Å². The molecule has 0 aromatic heterocycles. The van der Waals surface area contributed by atoms with E-state index in [2.05, 4.69) is 0 Å². The van der Waals surface area contributed by atoms with Crippen LogP contribution in [0.15, 0.2) is 24.3 Å². The molecule has 1 N–H and O–H groups in total. The molecule has 1 aliphatic rings. The molecule has 0 bridgehead atoms. The zero-order valence-corrected chi connectivity index (χ0v) is 13.2. The van der Waals surface area contributed by atoms with E-state index < -0.39 is 18.2 Å². The number of rotatable bonds is 6. The van der Waals surface area contributed by atoms with E-state index in [1.807, 2.05) is 24.3 Å². The lowest BCUT2D eigenvalue weighted by Crippen LogP contribution is -2.51. The fraction of sp³-hybridized carbons (Fsp3) is 0.500. The maximum Gasteiger partial charge on any atom is 0.334 e. The smallest absolute Gasteiger partial charge is 0.334 e. The van der Waals surface area contributed by atoms with Crippen molar-refractivity contribution in [1.29, 1.82) is 0 Å². The van der Waals surface area contributed by atoms with Gasteiger partial charge >= 0.3 is 5.97 Å². The number of hydrogen-bond donors (Lipinski definition) is 1. The van der Waals surface area contributed by atoms with Gasteiger partial charge in [-0.3, -0.25) is 4.79 Å². The number of carboxylic acid groups (broad SMARTS) is 1. The Morgan fingerprint density at radius 1 is 1.48 bits per heavy atom. The molecule has 2 rings (SSSR count). The van der Waals surface area contributed by atoms with Gasteiger partial charge in [-0.15, -0.1) is 0 Å². The zero-order valence-electron chi connectivity index (χ0n) is 13.2. The van der Waals surface area contributed by atoms with Crippen LogP contribution in [0.25, 0.3) is 0 Å². The van der Waals surface area contributed by atoms with Crippen LogP contribution >= 0.6 is 0 Å². The van der Waals surface area contributed by atoms with Crippen LogP contribution in [-0.2, 0) is 25.7 Å². The maximum atomic E-state index is 12.3. The van der Waals surface area contributed by atoms with Crippen molar-refractivity contribution in [1.82, 2.24) is 4.90 Å². The highest BCUT2D eigenvalue weighted by Gasteiger charge is 2.31. The van der Waals surface area contributed by atoms with Gasteiger partial charge in [-0.2, -0.15) is 0 Å². The van der Waals surface area contributed by atoms with Crippen LogP contribution in [0.5, 0.6) is 5.75 Å². The van der Waals surface area contributed by atoms with Gasteiger partial charge in [-0.1, -0.05) is 12.1 Å². The average Bonchev–Trinajstić information content (AvgIpc) is 2.59. The van der Waals surface area contributed by atoms with Crippen LogP contribution in [0.3, 0.4) is 0 Å². The number of nitrogens with zero attached hydrogens (tertiary/aromatic N) is 1. The number of carboxylic acids is 1. The molecule has 0 unspecified atom stereocenters. The van der Waals surface area contributed by atoms with Crippen LogP contribution in [-0.4, -0.2) is 60.9 Å². The Hall–Kier alpha value is -2.12. The second-order valence-electron chi connectivity index (χ2n) is 5.29. The number of carbonyl (C=O) groups excluding carboxylic acids is 1. The summed E-state index contributed by atoms with van der Waals surface area (Å²) in [6, 6.07) is 7.41. The molecule has 1 aromatic rings. The average molecular weight is 323 g/mol. The summed E-state index contributed by atoms with van der Waals surface area (Å²) in [5.41, 5.74) is 0.898.